The SMILES string of the molecule is C=C1C=CC(=O)N1C1CCCC(O)C1. The van der Waals surface area contributed by atoms with Crippen LogP contribution in [0.15, 0.2) is 24.4 Å². The third-order valence-electron chi connectivity index (χ3n) is 2.95. The summed E-state index contributed by atoms with van der Waals surface area (Å²) in [5.41, 5.74) is 0.758. The van der Waals surface area contributed by atoms with Crippen molar-refractivity contribution in [2.75, 3.05) is 0 Å². The second kappa shape index (κ2) is 3.58. The highest BCUT2D eigenvalue weighted by Crippen LogP contribution is 2.28. The Morgan fingerprint density at radius 2 is 2.21 bits per heavy atom. The Bertz CT molecular complexity index is 278. The first-order valence-electron chi connectivity index (χ1n) is 5.06. The normalized spacial score (nSPS) is 32.8. The fraction of sp³-hybridized carbons (Fsp3) is 0.545. The Balaban J connectivity index is 2.07. The maximum atomic E-state index is 11.5. The number of rotatable bonds is 1. The van der Waals surface area contributed by atoms with Gasteiger partial charge in [0.1, 0.15) is 0 Å². The molecule has 2 rings (SSSR count). The zero-order valence-corrected chi connectivity index (χ0v) is 8.15. The molecule has 0 spiro atoms. The summed E-state index contributed by atoms with van der Waals surface area (Å²) in [5, 5.41) is 9.52. The molecule has 1 aliphatic carbocycles. The first-order valence-corrected chi connectivity index (χ1v) is 5.06. The van der Waals surface area contributed by atoms with Gasteiger partial charge in [0.05, 0.1) is 6.10 Å². The van der Waals surface area contributed by atoms with Gasteiger partial charge in [0.15, 0.2) is 0 Å². The van der Waals surface area contributed by atoms with Crippen molar-refractivity contribution in [2.24, 2.45) is 0 Å². The van der Waals surface area contributed by atoms with Crippen LogP contribution in [0, 0.1) is 0 Å². The lowest BCUT2D eigenvalue weighted by atomic mass is 9.92. The standard InChI is InChI=1S/C11H15NO2/c1-8-5-6-11(14)12(8)9-3-2-4-10(13)7-9/h5-6,9-10,13H,1-4,7H2. The fourth-order valence-corrected chi connectivity index (χ4v) is 2.26. The minimum atomic E-state index is -0.255. The molecule has 0 aromatic carbocycles. The Labute approximate surface area is 83.7 Å². The first kappa shape index (κ1) is 9.46. The van der Waals surface area contributed by atoms with E-state index >= 15 is 0 Å². The Hall–Kier alpha value is -1.09. The molecule has 1 amide bonds. The molecule has 2 atom stereocenters. The van der Waals surface area contributed by atoms with Crippen molar-refractivity contribution >= 4 is 5.91 Å². The highest BCUT2D eigenvalue weighted by Gasteiger charge is 2.31. The zero-order valence-electron chi connectivity index (χ0n) is 8.15. The number of carbonyl (C=O) groups is 1. The van der Waals surface area contributed by atoms with Gasteiger partial charge in [-0.05, 0) is 31.8 Å². The van der Waals surface area contributed by atoms with Gasteiger partial charge in [-0.25, -0.2) is 0 Å². The molecule has 0 aromatic rings. The van der Waals surface area contributed by atoms with Gasteiger partial charge >= 0.3 is 0 Å². The van der Waals surface area contributed by atoms with Gasteiger partial charge in [0, 0.05) is 17.8 Å². The predicted molar refractivity (Wildman–Crippen MR) is 53.4 cm³/mol. The molecule has 76 valence electrons. The smallest absolute Gasteiger partial charge is 0.251 e. The van der Waals surface area contributed by atoms with Gasteiger partial charge in [0.25, 0.3) is 5.91 Å². The summed E-state index contributed by atoms with van der Waals surface area (Å²) in [6, 6.07) is 0.147. The quantitative estimate of drug-likeness (QED) is 0.679. The number of hydrogen-bond donors (Lipinski definition) is 1. The highest BCUT2D eigenvalue weighted by molar-refractivity contribution is 5.93. The van der Waals surface area contributed by atoms with Crippen molar-refractivity contribution < 1.29 is 9.90 Å². The van der Waals surface area contributed by atoms with E-state index in [4.69, 9.17) is 0 Å². The van der Waals surface area contributed by atoms with E-state index in [1.165, 1.54) is 0 Å². The molecule has 3 nitrogen and oxygen atoms in total. The van der Waals surface area contributed by atoms with Crippen molar-refractivity contribution in [3.63, 3.8) is 0 Å². The molecular formula is C11H15NO2. The number of amides is 1. The highest BCUT2D eigenvalue weighted by atomic mass is 16.3. The lowest BCUT2D eigenvalue weighted by Gasteiger charge is -2.33. The molecule has 1 aliphatic heterocycles. The van der Waals surface area contributed by atoms with Crippen LogP contribution in [0.2, 0.25) is 0 Å². The summed E-state index contributed by atoms with van der Waals surface area (Å²) in [4.78, 5) is 13.2. The van der Waals surface area contributed by atoms with E-state index in [9.17, 15) is 9.90 Å². The van der Waals surface area contributed by atoms with Crippen molar-refractivity contribution in [1.29, 1.82) is 0 Å². The number of aliphatic hydroxyl groups excluding tert-OH is 1. The largest absolute Gasteiger partial charge is 0.393 e. The number of allylic oxidation sites excluding steroid dienone is 1. The molecule has 0 aromatic heterocycles. The maximum Gasteiger partial charge on any atom is 0.251 e. The van der Waals surface area contributed by atoms with Crippen molar-refractivity contribution in [2.45, 2.75) is 37.8 Å². The average molecular weight is 193 g/mol. The lowest BCUT2D eigenvalue weighted by Crippen LogP contribution is -2.40. The van der Waals surface area contributed by atoms with E-state index in [1.807, 2.05) is 0 Å². The van der Waals surface area contributed by atoms with Gasteiger partial charge in [0.2, 0.25) is 0 Å². The van der Waals surface area contributed by atoms with Crippen LogP contribution in [-0.4, -0.2) is 28.1 Å². The molecule has 0 bridgehead atoms. The minimum absolute atomic E-state index is 0.00843. The molecule has 2 aliphatic rings. The van der Waals surface area contributed by atoms with Gasteiger partial charge in [-0.15, -0.1) is 0 Å². The van der Waals surface area contributed by atoms with E-state index in [0.717, 1.165) is 25.0 Å². The third-order valence-corrected chi connectivity index (χ3v) is 2.95. The van der Waals surface area contributed by atoms with Crippen LogP contribution >= 0.6 is 0 Å². The molecular weight excluding hydrogens is 178 g/mol. The van der Waals surface area contributed by atoms with Crippen LogP contribution in [0.3, 0.4) is 0 Å². The molecule has 1 heterocycles. The summed E-state index contributed by atoms with van der Waals surface area (Å²) in [6.07, 6.45) is 6.54. The lowest BCUT2D eigenvalue weighted by molar-refractivity contribution is -0.126. The first-order chi connectivity index (χ1) is 6.68. The Kier molecular flexibility index (Phi) is 2.42. The molecule has 1 N–H and O–H groups in total. The summed E-state index contributed by atoms with van der Waals surface area (Å²) in [6.45, 7) is 3.82. The number of carbonyl (C=O) groups excluding carboxylic acids is 1. The Morgan fingerprint density at radius 3 is 2.79 bits per heavy atom. The van der Waals surface area contributed by atoms with E-state index in [1.54, 1.807) is 17.1 Å². The molecule has 2 unspecified atom stereocenters. The topological polar surface area (TPSA) is 40.5 Å². The van der Waals surface area contributed by atoms with Gasteiger partial charge in [-0.1, -0.05) is 6.58 Å². The van der Waals surface area contributed by atoms with Gasteiger partial charge in [-0.2, -0.15) is 0 Å². The second-order valence-electron chi connectivity index (χ2n) is 4.01. The van der Waals surface area contributed by atoms with Crippen molar-refractivity contribution in [3.05, 3.63) is 24.4 Å². The van der Waals surface area contributed by atoms with E-state index in [2.05, 4.69) is 6.58 Å². The number of aliphatic hydroxyl groups is 1. The van der Waals surface area contributed by atoms with Crippen molar-refractivity contribution in [3.8, 4) is 0 Å². The van der Waals surface area contributed by atoms with E-state index < -0.39 is 0 Å². The summed E-state index contributed by atoms with van der Waals surface area (Å²) in [7, 11) is 0. The molecule has 14 heavy (non-hydrogen) atoms. The fourth-order valence-electron chi connectivity index (χ4n) is 2.26. The zero-order chi connectivity index (χ0) is 10.1. The van der Waals surface area contributed by atoms with E-state index in [0.29, 0.717) is 6.42 Å². The average Bonchev–Trinajstić information content (AvgIpc) is 2.46. The van der Waals surface area contributed by atoms with Crippen LogP contribution in [0.1, 0.15) is 25.7 Å². The number of hydrogen-bond acceptors (Lipinski definition) is 2. The molecule has 0 radical (unpaired) electrons. The summed E-state index contributed by atoms with van der Waals surface area (Å²) in [5.74, 6) is 0.00843. The molecule has 1 fully saturated rings. The predicted octanol–water partition coefficient (Wildman–Crippen LogP) is 1.20. The van der Waals surface area contributed by atoms with Crippen LogP contribution < -0.4 is 0 Å². The molecule has 3 heteroatoms. The van der Waals surface area contributed by atoms with Crippen LogP contribution in [0.25, 0.3) is 0 Å². The van der Waals surface area contributed by atoms with Crippen LogP contribution in [0.4, 0.5) is 0 Å². The Morgan fingerprint density at radius 1 is 1.43 bits per heavy atom. The second-order valence-corrected chi connectivity index (χ2v) is 4.01. The number of nitrogens with zero attached hydrogens (tertiary/aromatic N) is 1. The van der Waals surface area contributed by atoms with Gasteiger partial charge < -0.3 is 10.0 Å². The molecule has 1 saturated carbocycles. The van der Waals surface area contributed by atoms with Crippen molar-refractivity contribution in [1.82, 2.24) is 4.90 Å². The van der Waals surface area contributed by atoms with Gasteiger partial charge in [-0.3, -0.25) is 4.79 Å². The summed E-state index contributed by atoms with van der Waals surface area (Å²) < 4.78 is 0. The van der Waals surface area contributed by atoms with Crippen LogP contribution in [0.5, 0.6) is 0 Å². The molecule has 0 saturated heterocycles. The maximum absolute atomic E-state index is 11.5. The minimum Gasteiger partial charge on any atom is -0.393 e. The summed E-state index contributed by atoms with van der Waals surface area (Å²) >= 11 is 0. The third kappa shape index (κ3) is 1.60. The monoisotopic (exact) mass is 193 g/mol. The van der Waals surface area contributed by atoms with Crippen LogP contribution in [-0.2, 0) is 4.79 Å². The van der Waals surface area contributed by atoms with E-state index in [-0.39, 0.29) is 18.1 Å².